The van der Waals surface area contributed by atoms with Crippen molar-refractivity contribution in [1.29, 1.82) is 0 Å². The van der Waals surface area contributed by atoms with Crippen molar-refractivity contribution in [2.75, 3.05) is 20.2 Å². The SMILES string of the molecule is COC(=O)C1CN(C(=O)NC(=O)CCCC(=O)O)CC1C. The summed E-state index contributed by atoms with van der Waals surface area (Å²) in [7, 11) is 1.30. The van der Waals surface area contributed by atoms with Gasteiger partial charge < -0.3 is 14.7 Å². The Balaban J connectivity index is 2.41. The number of likely N-dealkylation sites (tertiary alicyclic amines) is 1. The molecule has 1 heterocycles. The third-order valence-electron chi connectivity index (χ3n) is 3.44. The highest BCUT2D eigenvalue weighted by molar-refractivity contribution is 5.94. The Bertz CT molecular complexity index is 436. The number of carboxylic acid groups (broad SMARTS) is 1. The topological polar surface area (TPSA) is 113 Å². The van der Waals surface area contributed by atoms with Crippen LogP contribution in [0.1, 0.15) is 26.2 Å². The van der Waals surface area contributed by atoms with Crippen LogP contribution in [0.4, 0.5) is 4.79 Å². The highest BCUT2D eigenvalue weighted by atomic mass is 16.5. The van der Waals surface area contributed by atoms with Crippen molar-refractivity contribution in [3.05, 3.63) is 0 Å². The minimum atomic E-state index is -0.983. The Morgan fingerprint density at radius 3 is 2.48 bits per heavy atom. The first-order chi connectivity index (χ1) is 9.85. The number of hydrogen-bond donors (Lipinski definition) is 2. The Hall–Kier alpha value is -2.12. The molecule has 1 fully saturated rings. The lowest BCUT2D eigenvalue weighted by Crippen LogP contribution is -2.42. The zero-order valence-corrected chi connectivity index (χ0v) is 12.1. The van der Waals surface area contributed by atoms with Gasteiger partial charge >= 0.3 is 18.0 Å². The molecule has 1 rings (SSSR count). The Labute approximate surface area is 122 Å². The van der Waals surface area contributed by atoms with Crippen LogP contribution >= 0.6 is 0 Å². The predicted octanol–water partition coefficient (Wildman–Crippen LogP) is 0.218. The van der Waals surface area contributed by atoms with Crippen molar-refractivity contribution in [1.82, 2.24) is 10.2 Å². The van der Waals surface area contributed by atoms with Crippen molar-refractivity contribution in [3.8, 4) is 0 Å². The molecular weight excluding hydrogens is 280 g/mol. The Kier molecular flexibility index (Phi) is 6.13. The van der Waals surface area contributed by atoms with Gasteiger partial charge in [-0.1, -0.05) is 6.92 Å². The number of methoxy groups -OCH3 is 1. The van der Waals surface area contributed by atoms with Gasteiger partial charge in [-0.3, -0.25) is 19.7 Å². The first-order valence-electron chi connectivity index (χ1n) is 6.73. The van der Waals surface area contributed by atoms with E-state index in [2.05, 4.69) is 10.1 Å². The summed E-state index contributed by atoms with van der Waals surface area (Å²) in [6.45, 7) is 2.42. The van der Waals surface area contributed by atoms with Crippen LogP contribution in [0.3, 0.4) is 0 Å². The van der Waals surface area contributed by atoms with Gasteiger partial charge in [-0.2, -0.15) is 0 Å². The van der Waals surface area contributed by atoms with Gasteiger partial charge in [0.25, 0.3) is 0 Å². The van der Waals surface area contributed by atoms with Crippen LogP contribution < -0.4 is 5.32 Å². The summed E-state index contributed by atoms with van der Waals surface area (Å²) in [5.41, 5.74) is 0. The third kappa shape index (κ3) is 5.05. The molecule has 2 atom stereocenters. The van der Waals surface area contributed by atoms with E-state index in [-0.39, 0.29) is 43.6 Å². The number of ether oxygens (including phenoxy) is 1. The normalized spacial score (nSPS) is 21.0. The van der Waals surface area contributed by atoms with Gasteiger partial charge in [-0.15, -0.1) is 0 Å². The van der Waals surface area contributed by atoms with Crippen LogP contribution in [0.2, 0.25) is 0 Å². The zero-order valence-electron chi connectivity index (χ0n) is 12.1. The first-order valence-corrected chi connectivity index (χ1v) is 6.73. The van der Waals surface area contributed by atoms with E-state index in [1.54, 1.807) is 0 Å². The first kappa shape index (κ1) is 16.9. The van der Waals surface area contributed by atoms with E-state index in [9.17, 15) is 19.2 Å². The van der Waals surface area contributed by atoms with Gasteiger partial charge in [-0.05, 0) is 12.3 Å². The van der Waals surface area contributed by atoms with E-state index in [0.29, 0.717) is 6.54 Å². The second-order valence-corrected chi connectivity index (χ2v) is 5.11. The van der Waals surface area contributed by atoms with Crippen molar-refractivity contribution < 1.29 is 29.0 Å². The zero-order chi connectivity index (χ0) is 16.0. The quantitative estimate of drug-likeness (QED) is 0.702. The summed E-state index contributed by atoms with van der Waals surface area (Å²) in [5, 5.41) is 10.7. The summed E-state index contributed by atoms with van der Waals surface area (Å²) in [4.78, 5) is 46.6. The summed E-state index contributed by atoms with van der Waals surface area (Å²) < 4.78 is 4.67. The van der Waals surface area contributed by atoms with E-state index in [4.69, 9.17) is 5.11 Å². The number of urea groups is 1. The maximum Gasteiger partial charge on any atom is 0.324 e. The van der Waals surface area contributed by atoms with Crippen molar-refractivity contribution >= 4 is 23.9 Å². The molecule has 0 radical (unpaired) electrons. The van der Waals surface area contributed by atoms with Gasteiger partial charge in [-0.25, -0.2) is 4.79 Å². The van der Waals surface area contributed by atoms with Crippen molar-refractivity contribution in [3.63, 3.8) is 0 Å². The molecular formula is C13H20N2O6. The lowest BCUT2D eigenvalue weighted by molar-refractivity contribution is -0.146. The minimum Gasteiger partial charge on any atom is -0.481 e. The lowest BCUT2D eigenvalue weighted by atomic mass is 9.99. The lowest BCUT2D eigenvalue weighted by Gasteiger charge is -2.16. The molecule has 3 amide bonds. The molecule has 8 heteroatoms. The van der Waals surface area contributed by atoms with Gasteiger partial charge in [0, 0.05) is 25.9 Å². The molecule has 0 aliphatic carbocycles. The number of esters is 1. The molecule has 2 unspecified atom stereocenters. The molecule has 0 bridgehead atoms. The second-order valence-electron chi connectivity index (χ2n) is 5.11. The number of imide groups is 1. The number of nitrogens with zero attached hydrogens (tertiary/aromatic N) is 1. The number of nitrogens with one attached hydrogen (secondary N) is 1. The van der Waals surface area contributed by atoms with Crippen molar-refractivity contribution in [2.45, 2.75) is 26.2 Å². The molecule has 2 N–H and O–H groups in total. The van der Waals surface area contributed by atoms with Gasteiger partial charge in [0.05, 0.1) is 13.0 Å². The molecule has 21 heavy (non-hydrogen) atoms. The molecule has 1 aliphatic heterocycles. The smallest absolute Gasteiger partial charge is 0.324 e. The fourth-order valence-electron chi connectivity index (χ4n) is 2.25. The Morgan fingerprint density at radius 2 is 1.90 bits per heavy atom. The van der Waals surface area contributed by atoms with E-state index in [1.807, 2.05) is 6.92 Å². The average Bonchev–Trinajstić information content (AvgIpc) is 2.79. The van der Waals surface area contributed by atoms with Crippen LogP contribution in [-0.4, -0.2) is 54.1 Å². The standard InChI is InChI=1S/C13H20N2O6/c1-8-6-15(7-9(8)12(19)21-2)13(20)14-10(16)4-3-5-11(17)18/h8-9H,3-7H2,1-2H3,(H,17,18)(H,14,16,20). The third-order valence-corrected chi connectivity index (χ3v) is 3.44. The second kappa shape index (κ2) is 7.61. The maximum atomic E-state index is 11.9. The summed E-state index contributed by atoms with van der Waals surface area (Å²) in [6, 6.07) is -0.562. The largest absolute Gasteiger partial charge is 0.481 e. The molecule has 0 saturated carbocycles. The molecule has 0 spiro atoms. The average molecular weight is 300 g/mol. The van der Waals surface area contributed by atoms with Crippen LogP contribution in [0, 0.1) is 11.8 Å². The van der Waals surface area contributed by atoms with Crippen LogP contribution in [0.5, 0.6) is 0 Å². The number of carbonyl (C=O) groups is 4. The monoisotopic (exact) mass is 300 g/mol. The number of carbonyl (C=O) groups excluding carboxylic acids is 3. The molecule has 118 valence electrons. The molecule has 1 saturated heterocycles. The van der Waals surface area contributed by atoms with Crippen molar-refractivity contribution in [2.24, 2.45) is 11.8 Å². The number of amides is 3. The highest BCUT2D eigenvalue weighted by Gasteiger charge is 2.37. The van der Waals surface area contributed by atoms with Gasteiger partial charge in [0.2, 0.25) is 5.91 Å². The minimum absolute atomic E-state index is 0.0259. The summed E-state index contributed by atoms with van der Waals surface area (Å²) >= 11 is 0. The van der Waals surface area contributed by atoms with Crippen LogP contribution in [0.25, 0.3) is 0 Å². The van der Waals surface area contributed by atoms with Gasteiger partial charge in [0.1, 0.15) is 0 Å². The summed E-state index contributed by atoms with van der Waals surface area (Å²) in [5.74, 6) is -2.29. The maximum absolute atomic E-state index is 11.9. The fraction of sp³-hybridized carbons (Fsp3) is 0.692. The van der Waals surface area contributed by atoms with E-state index >= 15 is 0 Å². The summed E-state index contributed by atoms with van der Waals surface area (Å²) in [6.07, 6.45) is 0.0320. The number of carboxylic acids is 1. The predicted molar refractivity (Wildman–Crippen MR) is 71.3 cm³/mol. The fourth-order valence-corrected chi connectivity index (χ4v) is 2.25. The molecule has 0 aromatic carbocycles. The Morgan fingerprint density at radius 1 is 1.24 bits per heavy atom. The van der Waals surface area contributed by atoms with E-state index < -0.39 is 17.9 Å². The molecule has 0 aromatic heterocycles. The number of hydrogen-bond acceptors (Lipinski definition) is 5. The highest BCUT2D eigenvalue weighted by Crippen LogP contribution is 2.23. The molecule has 0 aromatic rings. The molecule has 1 aliphatic rings. The van der Waals surface area contributed by atoms with Crippen LogP contribution in [-0.2, 0) is 19.1 Å². The van der Waals surface area contributed by atoms with E-state index in [1.165, 1.54) is 12.0 Å². The van der Waals surface area contributed by atoms with Gasteiger partial charge in [0.15, 0.2) is 0 Å². The number of aliphatic carboxylic acids is 1. The number of rotatable bonds is 5. The van der Waals surface area contributed by atoms with E-state index in [0.717, 1.165) is 0 Å². The molecule has 8 nitrogen and oxygen atoms in total. The van der Waals surface area contributed by atoms with Crippen LogP contribution in [0.15, 0.2) is 0 Å².